The van der Waals surface area contributed by atoms with Crippen LogP contribution in [-0.4, -0.2) is 53.0 Å². The highest BCUT2D eigenvalue weighted by atomic mass is 35.5. The maximum absolute atomic E-state index is 13.2. The summed E-state index contributed by atoms with van der Waals surface area (Å²) in [6.07, 6.45) is 6.49. The van der Waals surface area contributed by atoms with Gasteiger partial charge in [0.2, 0.25) is 0 Å². The van der Waals surface area contributed by atoms with Crippen LogP contribution in [-0.2, 0) is 11.2 Å². The van der Waals surface area contributed by atoms with E-state index in [9.17, 15) is 14.3 Å². The zero-order valence-corrected chi connectivity index (χ0v) is 22.0. The van der Waals surface area contributed by atoms with Gasteiger partial charge in [0.05, 0.1) is 17.6 Å². The van der Waals surface area contributed by atoms with Crippen LogP contribution >= 0.6 is 23.4 Å². The Morgan fingerprint density at radius 2 is 2.08 bits per heavy atom. The predicted molar refractivity (Wildman–Crippen MR) is 144 cm³/mol. The van der Waals surface area contributed by atoms with Crippen molar-refractivity contribution in [1.82, 2.24) is 9.88 Å². The zero-order chi connectivity index (χ0) is 25.5. The van der Waals surface area contributed by atoms with Crippen LogP contribution in [0.4, 0.5) is 4.39 Å². The minimum atomic E-state index is -0.719. The molecule has 1 aliphatic rings. The van der Waals surface area contributed by atoms with Crippen LogP contribution in [0.3, 0.4) is 0 Å². The van der Waals surface area contributed by atoms with Gasteiger partial charge in [0.1, 0.15) is 11.6 Å². The van der Waals surface area contributed by atoms with Gasteiger partial charge in [0.15, 0.2) is 0 Å². The largest absolute Gasteiger partial charge is 0.497 e. The molecule has 1 saturated heterocycles. The van der Waals surface area contributed by atoms with Crippen LogP contribution in [0.1, 0.15) is 37.7 Å². The number of aryl methyl sites for hydroxylation is 1. The van der Waals surface area contributed by atoms with E-state index in [1.54, 1.807) is 25.1 Å². The van der Waals surface area contributed by atoms with Crippen molar-refractivity contribution in [2.75, 3.05) is 26.0 Å². The molecule has 36 heavy (non-hydrogen) atoms. The monoisotopic (exact) mass is 530 g/mol. The second-order valence-corrected chi connectivity index (χ2v) is 10.9. The van der Waals surface area contributed by atoms with Gasteiger partial charge in [-0.05, 0) is 92.6 Å². The van der Waals surface area contributed by atoms with Crippen LogP contribution in [0.5, 0.6) is 5.75 Å². The number of methoxy groups -OCH3 is 1. The lowest BCUT2D eigenvalue weighted by Gasteiger charge is -2.39. The number of likely N-dealkylation sites (tertiary alicyclic amines) is 1. The minimum absolute atomic E-state index is 0.211. The number of hydrogen-bond acceptors (Lipinski definition) is 5. The van der Waals surface area contributed by atoms with Gasteiger partial charge in [0, 0.05) is 41.2 Å². The van der Waals surface area contributed by atoms with E-state index in [1.165, 1.54) is 12.1 Å². The molecule has 0 bridgehead atoms. The molecule has 0 amide bonds. The first-order valence-corrected chi connectivity index (χ1v) is 13.7. The Labute approximate surface area is 221 Å². The standard InChI is InChI=1S/C28H32ClFN2O3S/c1-35-22-7-10-27-25(17-22)24(26(29)18-31-27)4-2-3-21-15-19(16-28(33)34)11-12-32(21)13-14-36-23-8-5-20(30)6-9-23/h5-10,17-19,21H,2-4,11-16H2,1H3,(H,33,34). The summed E-state index contributed by atoms with van der Waals surface area (Å²) in [5.41, 5.74) is 1.98. The molecule has 0 radical (unpaired) electrons. The number of aliphatic carboxylic acids is 1. The van der Waals surface area contributed by atoms with Crippen molar-refractivity contribution in [2.45, 2.75) is 49.5 Å². The van der Waals surface area contributed by atoms with Crippen molar-refractivity contribution in [3.8, 4) is 5.75 Å². The summed E-state index contributed by atoms with van der Waals surface area (Å²) in [5, 5.41) is 11.0. The van der Waals surface area contributed by atoms with Crippen LogP contribution in [0.25, 0.3) is 10.9 Å². The maximum Gasteiger partial charge on any atom is 0.303 e. The van der Waals surface area contributed by atoms with Crippen LogP contribution in [0.15, 0.2) is 53.6 Å². The molecular formula is C28H32ClFN2O3S. The van der Waals surface area contributed by atoms with E-state index in [2.05, 4.69) is 9.88 Å². The Kier molecular flexibility index (Phi) is 9.46. The number of piperidine rings is 1. The molecule has 2 heterocycles. The number of hydrogen-bond donors (Lipinski definition) is 1. The lowest BCUT2D eigenvalue weighted by molar-refractivity contribution is -0.138. The maximum atomic E-state index is 13.2. The molecule has 0 saturated carbocycles. The minimum Gasteiger partial charge on any atom is -0.497 e. The smallest absolute Gasteiger partial charge is 0.303 e. The first-order chi connectivity index (χ1) is 17.4. The van der Waals surface area contributed by atoms with Crippen molar-refractivity contribution < 1.29 is 19.0 Å². The molecular weight excluding hydrogens is 499 g/mol. The Hall–Kier alpha value is -2.35. The number of aromatic nitrogens is 1. The summed E-state index contributed by atoms with van der Waals surface area (Å²) >= 11 is 8.29. The second-order valence-electron chi connectivity index (χ2n) is 9.34. The predicted octanol–water partition coefficient (Wildman–Crippen LogP) is 6.71. The lowest BCUT2D eigenvalue weighted by Crippen LogP contribution is -2.44. The molecule has 2 atom stereocenters. The highest BCUT2D eigenvalue weighted by Crippen LogP contribution is 2.32. The molecule has 0 aliphatic carbocycles. The Morgan fingerprint density at radius 1 is 1.28 bits per heavy atom. The molecule has 8 heteroatoms. The number of carbonyl (C=O) groups is 1. The fourth-order valence-corrected chi connectivity index (χ4v) is 6.25. The van der Waals surface area contributed by atoms with Crippen molar-refractivity contribution in [3.05, 3.63) is 65.1 Å². The SMILES string of the molecule is COc1ccc2ncc(Cl)c(CCCC3CC(CC(=O)O)CCN3CCSc3ccc(F)cc3)c2c1. The molecule has 1 N–H and O–H groups in total. The van der Waals surface area contributed by atoms with Gasteiger partial charge in [-0.1, -0.05) is 11.6 Å². The van der Waals surface area contributed by atoms with Gasteiger partial charge in [0.25, 0.3) is 0 Å². The van der Waals surface area contributed by atoms with Gasteiger partial charge in [-0.25, -0.2) is 4.39 Å². The first kappa shape index (κ1) is 26.7. The van der Waals surface area contributed by atoms with Gasteiger partial charge in [-0.15, -0.1) is 11.8 Å². The molecule has 3 aromatic rings. The van der Waals surface area contributed by atoms with E-state index in [4.69, 9.17) is 16.3 Å². The number of ether oxygens (including phenoxy) is 1. The lowest BCUT2D eigenvalue weighted by atomic mass is 9.86. The second kappa shape index (κ2) is 12.7. The fourth-order valence-electron chi connectivity index (χ4n) is 5.12. The molecule has 4 rings (SSSR count). The average molecular weight is 531 g/mol. The summed E-state index contributed by atoms with van der Waals surface area (Å²) < 4.78 is 18.6. The third kappa shape index (κ3) is 7.11. The average Bonchev–Trinajstić information content (AvgIpc) is 2.87. The van der Waals surface area contributed by atoms with Gasteiger partial charge < -0.3 is 9.84 Å². The molecule has 0 spiro atoms. The zero-order valence-electron chi connectivity index (χ0n) is 20.5. The fraction of sp³-hybridized carbons (Fsp3) is 0.429. The Morgan fingerprint density at radius 3 is 2.83 bits per heavy atom. The normalized spacial score (nSPS) is 18.4. The van der Waals surface area contributed by atoms with Gasteiger partial charge in [-0.2, -0.15) is 0 Å². The summed E-state index contributed by atoms with van der Waals surface area (Å²) in [6, 6.07) is 12.8. The third-order valence-corrected chi connectivity index (χ3v) is 8.29. The number of pyridine rings is 1. The van der Waals surface area contributed by atoms with Crippen molar-refractivity contribution >= 4 is 40.2 Å². The quantitative estimate of drug-likeness (QED) is 0.278. The number of thioether (sulfide) groups is 1. The molecule has 2 aromatic carbocycles. The number of halogens is 2. The highest BCUT2D eigenvalue weighted by molar-refractivity contribution is 7.99. The number of nitrogens with zero attached hydrogens (tertiary/aromatic N) is 2. The van der Waals surface area contributed by atoms with Crippen molar-refractivity contribution in [2.24, 2.45) is 5.92 Å². The molecule has 1 fully saturated rings. The van der Waals surface area contributed by atoms with E-state index in [-0.39, 0.29) is 18.2 Å². The Balaban J connectivity index is 1.40. The third-order valence-electron chi connectivity index (χ3n) is 6.97. The van der Waals surface area contributed by atoms with Gasteiger partial charge in [-0.3, -0.25) is 14.7 Å². The van der Waals surface area contributed by atoms with E-state index < -0.39 is 5.97 Å². The molecule has 192 valence electrons. The Bertz CT molecular complexity index is 1180. The van der Waals surface area contributed by atoms with Crippen LogP contribution in [0.2, 0.25) is 5.02 Å². The van der Waals surface area contributed by atoms with E-state index in [0.29, 0.717) is 11.1 Å². The van der Waals surface area contributed by atoms with E-state index >= 15 is 0 Å². The number of carboxylic acid groups (broad SMARTS) is 1. The van der Waals surface area contributed by atoms with Crippen molar-refractivity contribution in [1.29, 1.82) is 0 Å². The van der Waals surface area contributed by atoms with Crippen LogP contribution in [0, 0.1) is 11.7 Å². The summed E-state index contributed by atoms with van der Waals surface area (Å²) in [6.45, 7) is 1.82. The van der Waals surface area contributed by atoms with E-state index in [0.717, 1.165) is 78.1 Å². The summed E-state index contributed by atoms with van der Waals surface area (Å²) in [7, 11) is 1.65. The molecule has 2 unspecified atom stereocenters. The summed E-state index contributed by atoms with van der Waals surface area (Å²) in [4.78, 5) is 19.4. The number of fused-ring (bicyclic) bond motifs is 1. The van der Waals surface area contributed by atoms with Crippen molar-refractivity contribution in [3.63, 3.8) is 0 Å². The topological polar surface area (TPSA) is 62.7 Å². The molecule has 1 aliphatic heterocycles. The molecule has 1 aromatic heterocycles. The highest BCUT2D eigenvalue weighted by Gasteiger charge is 2.29. The van der Waals surface area contributed by atoms with Crippen LogP contribution < -0.4 is 4.74 Å². The van der Waals surface area contributed by atoms with Gasteiger partial charge >= 0.3 is 5.97 Å². The summed E-state index contributed by atoms with van der Waals surface area (Å²) in [5.74, 6) is 0.958. The number of rotatable bonds is 11. The first-order valence-electron chi connectivity index (χ1n) is 12.4. The number of benzene rings is 2. The number of carboxylic acids is 1. The van der Waals surface area contributed by atoms with E-state index in [1.807, 2.05) is 30.3 Å². The molecule has 5 nitrogen and oxygen atoms in total.